The van der Waals surface area contributed by atoms with E-state index in [1.807, 2.05) is 43.3 Å². The number of hydrogen-bond acceptors (Lipinski definition) is 7. The van der Waals surface area contributed by atoms with E-state index in [-0.39, 0.29) is 6.61 Å². The Morgan fingerprint density at radius 1 is 0.861 bits per heavy atom. The fraction of sp³-hybridized carbons (Fsp3) is 0.345. The Morgan fingerprint density at radius 2 is 1.56 bits per heavy atom. The fourth-order valence-corrected chi connectivity index (χ4v) is 5.33. The minimum Gasteiger partial charge on any atom is -0.492 e. The van der Waals surface area contributed by atoms with Crippen molar-refractivity contribution in [3.63, 3.8) is 0 Å². The molecule has 0 bridgehead atoms. The molecule has 1 N–H and O–H groups in total. The Balaban J connectivity index is 0.984. The molecule has 1 fully saturated rings. The second-order valence-corrected chi connectivity index (χ2v) is 10.4. The van der Waals surface area contributed by atoms with Crippen LogP contribution in [0.15, 0.2) is 72.8 Å². The second-order valence-electron chi connectivity index (χ2n) is 9.21. The number of ether oxygens (including phenoxy) is 2. The number of aliphatic hydroxyl groups excluding tert-OH is 1. The molecule has 1 atom stereocenters. The number of thiazole rings is 1. The van der Waals surface area contributed by atoms with Crippen molar-refractivity contribution in [2.75, 3.05) is 52.5 Å². The van der Waals surface area contributed by atoms with Crippen molar-refractivity contribution in [3.8, 4) is 22.6 Å². The first-order valence-electron chi connectivity index (χ1n) is 12.5. The number of aryl methyl sites for hydroxylation is 1. The molecule has 0 amide bonds. The van der Waals surface area contributed by atoms with E-state index in [1.54, 1.807) is 11.3 Å². The summed E-state index contributed by atoms with van der Waals surface area (Å²) in [7, 11) is 0. The highest BCUT2D eigenvalue weighted by Gasteiger charge is 2.19. The smallest absolute Gasteiger partial charge is 0.121 e. The van der Waals surface area contributed by atoms with Gasteiger partial charge in [0, 0.05) is 45.3 Å². The number of hydrogen-bond donors (Lipinski definition) is 1. The van der Waals surface area contributed by atoms with Gasteiger partial charge in [-0.05, 0) is 42.3 Å². The van der Waals surface area contributed by atoms with Gasteiger partial charge in [0.15, 0.2) is 0 Å². The maximum atomic E-state index is 10.5. The van der Waals surface area contributed by atoms with E-state index in [1.165, 1.54) is 11.1 Å². The lowest BCUT2D eigenvalue weighted by molar-refractivity contribution is 0.0436. The number of aliphatic hydroxyl groups is 1. The molecule has 1 aromatic heterocycles. The van der Waals surface area contributed by atoms with E-state index < -0.39 is 6.10 Å². The Hall–Kier alpha value is -2.97. The molecule has 5 rings (SSSR count). The van der Waals surface area contributed by atoms with Crippen LogP contribution in [0.4, 0.5) is 0 Å². The molecule has 1 aliphatic heterocycles. The molecule has 7 heteroatoms. The molecule has 1 saturated heterocycles. The third-order valence-corrected chi connectivity index (χ3v) is 7.43. The van der Waals surface area contributed by atoms with Crippen molar-refractivity contribution < 1.29 is 14.6 Å². The summed E-state index contributed by atoms with van der Waals surface area (Å²) in [5.41, 5.74) is 3.36. The number of nitrogens with zero attached hydrogens (tertiary/aromatic N) is 3. The van der Waals surface area contributed by atoms with Crippen molar-refractivity contribution in [1.82, 2.24) is 14.8 Å². The van der Waals surface area contributed by atoms with E-state index in [4.69, 9.17) is 9.47 Å². The van der Waals surface area contributed by atoms with Crippen LogP contribution < -0.4 is 9.47 Å². The molecular weight excluding hydrogens is 470 g/mol. The average molecular weight is 504 g/mol. The van der Waals surface area contributed by atoms with Crippen LogP contribution in [0.25, 0.3) is 21.3 Å². The minimum absolute atomic E-state index is 0.283. The van der Waals surface area contributed by atoms with E-state index in [0.29, 0.717) is 13.2 Å². The lowest BCUT2D eigenvalue weighted by atomic mass is 10.1. The Morgan fingerprint density at radius 3 is 2.33 bits per heavy atom. The molecule has 0 saturated carbocycles. The number of fused-ring (bicyclic) bond motifs is 1. The van der Waals surface area contributed by atoms with Crippen LogP contribution in [0, 0.1) is 6.92 Å². The molecule has 188 valence electrons. The van der Waals surface area contributed by atoms with Crippen molar-refractivity contribution in [1.29, 1.82) is 0 Å². The summed E-state index contributed by atoms with van der Waals surface area (Å²) in [4.78, 5) is 9.23. The molecule has 1 aliphatic rings. The number of β-amino-alcohol motifs (C(OH)–C–C–N with tert-alkyl or cyclic N) is 1. The van der Waals surface area contributed by atoms with Gasteiger partial charge in [-0.3, -0.25) is 9.80 Å². The Bertz CT molecular complexity index is 1240. The molecular formula is C29H33N3O3S. The van der Waals surface area contributed by atoms with Gasteiger partial charge in [-0.2, -0.15) is 0 Å². The van der Waals surface area contributed by atoms with E-state index >= 15 is 0 Å². The minimum atomic E-state index is -0.522. The normalized spacial score (nSPS) is 15.7. The molecule has 3 aromatic carbocycles. The average Bonchev–Trinajstić information content (AvgIpc) is 3.29. The van der Waals surface area contributed by atoms with Crippen molar-refractivity contribution in [3.05, 3.63) is 77.8 Å². The Kier molecular flexibility index (Phi) is 8.13. The zero-order valence-corrected chi connectivity index (χ0v) is 21.5. The highest BCUT2D eigenvalue weighted by molar-refractivity contribution is 7.18. The molecule has 4 aromatic rings. The van der Waals surface area contributed by atoms with Gasteiger partial charge >= 0.3 is 0 Å². The lowest BCUT2D eigenvalue weighted by Gasteiger charge is -2.35. The van der Waals surface area contributed by atoms with Crippen LogP contribution in [0.5, 0.6) is 11.5 Å². The van der Waals surface area contributed by atoms with Crippen LogP contribution >= 0.6 is 11.3 Å². The topological polar surface area (TPSA) is 58.1 Å². The maximum absolute atomic E-state index is 10.5. The summed E-state index contributed by atoms with van der Waals surface area (Å²) in [6, 6.07) is 24.6. The van der Waals surface area contributed by atoms with Crippen molar-refractivity contribution >= 4 is 21.6 Å². The summed E-state index contributed by atoms with van der Waals surface area (Å²) in [6.07, 6.45) is -0.522. The molecule has 0 spiro atoms. The van der Waals surface area contributed by atoms with E-state index in [9.17, 15) is 5.11 Å². The van der Waals surface area contributed by atoms with Crippen molar-refractivity contribution in [2.24, 2.45) is 0 Å². The third kappa shape index (κ3) is 6.62. The largest absolute Gasteiger partial charge is 0.492 e. The van der Waals surface area contributed by atoms with Gasteiger partial charge in [0.2, 0.25) is 0 Å². The number of benzene rings is 3. The molecule has 36 heavy (non-hydrogen) atoms. The molecule has 0 aliphatic carbocycles. The summed E-state index contributed by atoms with van der Waals surface area (Å²) in [5.74, 6) is 1.66. The first kappa shape index (κ1) is 24.7. The van der Waals surface area contributed by atoms with Crippen molar-refractivity contribution in [2.45, 2.75) is 13.0 Å². The van der Waals surface area contributed by atoms with E-state index in [0.717, 1.165) is 59.4 Å². The quantitative estimate of drug-likeness (QED) is 0.338. The molecule has 0 unspecified atom stereocenters. The molecule has 0 radical (unpaired) electrons. The molecule has 2 heterocycles. The van der Waals surface area contributed by atoms with E-state index in [2.05, 4.69) is 51.2 Å². The predicted molar refractivity (Wildman–Crippen MR) is 146 cm³/mol. The standard InChI is InChI=1S/C29H33N3O3S/c1-22-30-28-19-27(11-12-29(28)36-22)35-21-25(33)20-32-15-13-31(14-16-32)17-18-34-26-9-7-24(8-10-26)23-5-3-2-4-6-23/h2-12,19,25,33H,13-18,20-21H2,1H3/t25-/m1/s1. The summed E-state index contributed by atoms with van der Waals surface area (Å²) in [5, 5.41) is 11.5. The van der Waals surface area contributed by atoms with Gasteiger partial charge in [-0.1, -0.05) is 42.5 Å². The summed E-state index contributed by atoms with van der Waals surface area (Å²) < 4.78 is 13.0. The summed E-state index contributed by atoms with van der Waals surface area (Å²) >= 11 is 1.68. The van der Waals surface area contributed by atoms with Gasteiger partial charge in [-0.15, -0.1) is 11.3 Å². The van der Waals surface area contributed by atoms with Crippen LogP contribution in [-0.4, -0.2) is 78.5 Å². The van der Waals surface area contributed by atoms with Gasteiger partial charge in [0.1, 0.15) is 30.8 Å². The molecule has 6 nitrogen and oxygen atoms in total. The Labute approximate surface area is 216 Å². The first-order chi connectivity index (χ1) is 17.6. The lowest BCUT2D eigenvalue weighted by Crippen LogP contribution is -2.50. The highest BCUT2D eigenvalue weighted by atomic mass is 32.1. The number of rotatable bonds is 10. The third-order valence-electron chi connectivity index (χ3n) is 6.48. The predicted octanol–water partition coefficient (Wildman–Crippen LogP) is 4.71. The van der Waals surface area contributed by atoms with Gasteiger partial charge in [-0.25, -0.2) is 4.98 Å². The van der Waals surface area contributed by atoms with Gasteiger partial charge in [0.25, 0.3) is 0 Å². The first-order valence-corrected chi connectivity index (χ1v) is 13.3. The number of piperazine rings is 1. The monoisotopic (exact) mass is 503 g/mol. The zero-order chi connectivity index (χ0) is 24.7. The highest BCUT2D eigenvalue weighted by Crippen LogP contribution is 2.26. The van der Waals surface area contributed by atoms with Crippen LogP contribution in [0.3, 0.4) is 0 Å². The number of aromatic nitrogens is 1. The fourth-order valence-electron chi connectivity index (χ4n) is 4.52. The summed E-state index contributed by atoms with van der Waals surface area (Å²) in [6.45, 7) is 8.31. The SMILES string of the molecule is Cc1nc2cc(OC[C@H](O)CN3CCN(CCOc4ccc(-c5ccccc5)cc4)CC3)ccc2s1. The second kappa shape index (κ2) is 11.8. The van der Waals surface area contributed by atoms with Gasteiger partial charge < -0.3 is 14.6 Å². The van der Waals surface area contributed by atoms with Crippen LogP contribution in [-0.2, 0) is 0 Å². The van der Waals surface area contributed by atoms with Gasteiger partial charge in [0.05, 0.1) is 15.2 Å². The maximum Gasteiger partial charge on any atom is 0.121 e. The van der Waals surface area contributed by atoms with Crippen LogP contribution in [0.1, 0.15) is 5.01 Å². The van der Waals surface area contributed by atoms with Crippen LogP contribution in [0.2, 0.25) is 0 Å². The zero-order valence-electron chi connectivity index (χ0n) is 20.7.